The Bertz CT molecular complexity index is 1050. The van der Waals surface area contributed by atoms with Gasteiger partial charge in [-0.2, -0.15) is 4.98 Å². The van der Waals surface area contributed by atoms with Crippen LogP contribution in [0.15, 0.2) is 48.5 Å². The van der Waals surface area contributed by atoms with Gasteiger partial charge in [-0.05, 0) is 30.3 Å². The summed E-state index contributed by atoms with van der Waals surface area (Å²) in [6.45, 7) is 0. The zero-order valence-corrected chi connectivity index (χ0v) is 16.5. The van der Waals surface area contributed by atoms with E-state index in [4.69, 9.17) is 23.2 Å². The predicted molar refractivity (Wildman–Crippen MR) is 109 cm³/mol. The first kappa shape index (κ1) is 19.7. The average Bonchev–Trinajstić information content (AvgIpc) is 3.04. The van der Waals surface area contributed by atoms with Crippen LogP contribution < -0.4 is 10.2 Å². The molecule has 0 saturated heterocycles. The summed E-state index contributed by atoms with van der Waals surface area (Å²) in [7, 11) is 3.47. The van der Waals surface area contributed by atoms with E-state index in [2.05, 4.69) is 10.3 Å². The Morgan fingerprint density at radius 3 is 2.32 bits per heavy atom. The number of para-hydroxylation sites is 1. The van der Waals surface area contributed by atoms with Crippen LogP contribution in [0, 0.1) is 0 Å². The number of imidazole rings is 1. The molecule has 1 amide bonds. The van der Waals surface area contributed by atoms with Crippen LogP contribution in [0.1, 0.15) is 20.8 Å². The Morgan fingerprint density at radius 1 is 1.07 bits per heavy atom. The molecule has 0 bridgehead atoms. The molecule has 0 aliphatic heterocycles. The molecule has 3 rings (SSSR count). The smallest absolute Gasteiger partial charge is 0.356 e. The fourth-order valence-corrected chi connectivity index (χ4v) is 2.93. The van der Waals surface area contributed by atoms with E-state index >= 15 is 0 Å². The van der Waals surface area contributed by atoms with Gasteiger partial charge in [0.15, 0.2) is 11.5 Å². The molecule has 0 aliphatic carbocycles. The lowest BCUT2D eigenvalue weighted by molar-refractivity contribution is 0.0689. The summed E-state index contributed by atoms with van der Waals surface area (Å²) in [4.78, 5) is 30.6. The van der Waals surface area contributed by atoms with Crippen molar-refractivity contribution in [1.82, 2.24) is 9.55 Å². The van der Waals surface area contributed by atoms with E-state index in [1.54, 1.807) is 43.3 Å². The summed E-state index contributed by atoms with van der Waals surface area (Å²) < 4.78 is 1.47. The fraction of sp³-hybridized carbons (Fsp3) is 0.105. The molecule has 0 spiro atoms. The fourth-order valence-electron chi connectivity index (χ4n) is 2.63. The lowest BCUT2D eigenvalue weighted by atomic mass is 10.2. The maximum Gasteiger partial charge on any atom is 0.356 e. The van der Waals surface area contributed by atoms with Gasteiger partial charge in [-0.15, -0.1) is 0 Å². The molecule has 2 aromatic carbocycles. The van der Waals surface area contributed by atoms with Crippen LogP contribution >= 0.6 is 23.2 Å². The number of halogens is 2. The van der Waals surface area contributed by atoms with E-state index in [0.29, 0.717) is 16.7 Å². The van der Waals surface area contributed by atoms with Gasteiger partial charge in [-0.1, -0.05) is 41.4 Å². The Hall–Kier alpha value is -3.03. The average molecular weight is 419 g/mol. The van der Waals surface area contributed by atoms with Crippen molar-refractivity contribution in [2.75, 3.05) is 24.3 Å². The quantitative estimate of drug-likeness (QED) is 0.648. The molecule has 144 valence electrons. The minimum absolute atomic E-state index is 0.0730. The number of nitrogens with one attached hydrogen (secondary N) is 1. The predicted octanol–water partition coefficient (Wildman–Crippen LogP) is 4.20. The Morgan fingerprint density at radius 2 is 1.75 bits per heavy atom. The maximum absolute atomic E-state index is 12.6. The number of anilines is 2. The zero-order valence-electron chi connectivity index (χ0n) is 15.0. The molecular weight excluding hydrogens is 403 g/mol. The van der Waals surface area contributed by atoms with Crippen LogP contribution in [0.4, 0.5) is 11.8 Å². The number of carboxylic acid groups (broad SMARTS) is 1. The third kappa shape index (κ3) is 3.81. The number of nitrogens with zero attached hydrogens (tertiary/aromatic N) is 3. The number of carbonyl (C=O) groups is 2. The van der Waals surface area contributed by atoms with Crippen LogP contribution in [0.5, 0.6) is 0 Å². The molecule has 0 saturated carbocycles. The topological polar surface area (TPSA) is 87.5 Å². The number of carbonyl (C=O) groups excluding carboxylic acids is 1. The monoisotopic (exact) mass is 418 g/mol. The largest absolute Gasteiger partial charge is 0.476 e. The summed E-state index contributed by atoms with van der Waals surface area (Å²) >= 11 is 11.8. The molecule has 1 heterocycles. The molecule has 0 aliphatic rings. The third-order valence-electron chi connectivity index (χ3n) is 3.89. The summed E-state index contributed by atoms with van der Waals surface area (Å²) in [5.74, 6) is -1.50. The zero-order chi connectivity index (χ0) is 20.4. The van der Waals surface area contributed by atoms with E-state index in [9.17, 15) is 14.7 Å². The van der Waals surface area contributed by atoms with Crippen molar-refractivity contribution in [2.45, 2.75) is 0 Å². The van der Waals surface area contributed by atoms with Crippen LogP contribution in [-0.4, -0.2) is 40.6 Å². The first-order valence-corrected chi connectivity index (χ1v) is 8.90. The van der Waals surface area contributed by atoms with Gasteiger partial charge in [0.2, 0.25) is 5.95 Å². The first-order chi connectivity index (χ1) is 13.3. The van der Waals surface area contributed by atoms with Crippen LogP contribution in [0.2, 0.25) is 10.0 Å². The van der Waals surface area contributed by atoms with Gasteiger partial charge < -0.3 is 15.3 Å². The maximum atomic E-state index is 12.6. The van der Waals surface area contributed by atoms with E-state index in [-0.39, 0.29) is 22.1 Å². The number of amides is 1. The molecule has 0 unspecified atom stereocenters. The van der Waals surface area contributed by atoms with Gasteiger partial charge in [0.05, 0.1) is 10.0 Å². The standard InChI is InChI=1S/C19H16Cl2N4O3/c1-24(2)19-23-16(22-17(26)11-8-9-13(20)14(21)10-11)15(18(27)28)25(19)12-6-4-3-5-7-12/h3-10H,1-2H3,(H,22,26)(H,27,28). The lowest BCUT2D eigenvalue weighted by Crippen LogP contribution is -2.17. The molecule has 0 radical (unpaired) electrons. The van der Waals surface area contributed by atoms with Gasteiger partial charge in [-0.25, -0.2) is 4.79 Å². The summed E-state index contributed by atoms with van der Waals surface area (Å²) in [6.07, 6.45) is 0. The van der Waals surface area contributed by atoms with Crippen molar-refractivity contribution in [1.29, 1.82) is 0 Å². The molecule has 0 fully saturated rings. The van der Waals surface area contributed by atoms with Crippen molar-refractivity contribution in [3.8, 4) is 5.69 Å². The number of hydrogen-bond donors (Lipinski definition) is 2. The van der Waals surface area contributed by atoms with Gasteiger partial charge >= 0.3 is 5.97 Å². The molecule has 0 atom stereocenters. The number of aromatic carboxylic acids is 1. The Balaban J connectivity index is 2.09. The van der Waals surface area contributed by atoms with E-state index in [1.165, 1.54) is 22.8 Å². The number of hydrogen-bond acceptors (Lipinski definition) is 4. The van der Waals surface area contributed by atoms with Crippen LogP contribution in [0.25, 0.3) is 5.69 Å². The normalized spacial score (nSPS) is 10.6. The third-order valence-corrected chi connectivity index (χ3v) is 4.63. The van der Waals surface area contributed by atoms with Gasteiger partial charge in [0.1, 0.15) is 0 Å². The molecule has 9 heteroatoms. The molecule has 7 nitrogen and oxygen atoms in total. The summed E-state index contributed by atoms with van der Waals surface area (Å²) in [6, 6.07) is 13.3. The second-order valence-corrected chi connectivity index (χ2v) is 6.88. The number of aromatic nitrogens is 2. The van der Waals surface area contributed by atoms with Crippen molar-refractivity contribution in [3.05, 3.63) is 69.8 Å². The first-order valence-electron chi connectivity index (χ1n) is 8.14. The Kier molecular flexibility index (Phi) is 5.58. The highest BCUT2D eigenvalue weighted by Crippen LogP contribution is 2.28. The van der Waals surface area contributed by atoms with E-state index in [0.717, 1.165) is 0 Å². The van der Waals surface area contributed by atoms with Gasteiger partial charge in [0, 0.05) is 25.3 Å². The number of rotatable bonds is 5. The van der Waals surface area contributed by atoms with Crippen molar-refractivity contribution >= 4 is 46.8 Å². The second-order valence-electron chi connectivity index (χ2n) is 6.06. The highest BCUT2D eigenvalue weighted by molar-refractivity contribution is 6.42. The number of carboxylic acids is 1. The Labute approximate surface area is 171 Å². The summed E-state index contributed by atoms with van der Waals surface area (Å²) in [5, 5.41) is 12.9. The lowest BCUT2D eigenvalue weighted by Gasteiger charge is -2.15. The van der Waals surface area contributed by atoms with Crippen LogP contribution in [-0.2, 0) is 0 Å². The van der Waals surface area contributed by atoms with Gasteiger partial charge in [0.25, 0.3) is 5.91 Å². The number of benzene rings is 2. The summed E-state index contributed by atoms with van der Waals surface area (Å²) in [5.41, 5.74) is 0.667. The van der Waals surface area contributed by atoms with Crippen molar-refractivity contribution < 1.29 is 14.7 Å². The molecule has 3 aromatic rings. The highest BCUT2D eigenvalue weighted by Gasteiger charge is 2.26. The molecule has 1 aromatic heterocycles. The highest BCUT2D eigenvalue weighted by atomic mass is 35.5. The minimum atomic E-state index is -1.23. The molecule has 28 heavy (non-hydrogen) atoms. The van der Waals surface area contributed by atoms with Crippen molar-refractivity contribution in [2.24, 2.45) is 0 Å². The van der Waals surface area contributed by atoms with E-state index in [1.807, 2.05) is 6.07 Å². The SMILES string of the molecule is CN(C)c1nc(NC(=O)c2ccc(Cl)c(Cl)c2)c(C(=O)O)n1-c1ccccc1. The minimum Gasteiger partial charge on any atom is -0.476 e. The second kappa shape index (κ2) is 7.92. The van der Waals surface area contributed by atoms with Gasteiger partial charge in [-0.3, -0.25) is 9.36 Å². The van der Waals surface area contributed by atoms with Crippen LogP contribution in [0.3, 0.4) is 0 Å². The molecule has 2 N–H and O–H groups in total. The van der Waals surface area contributed by atoms with Crippen molar-refractivity contribution in [3.63, 3.8) is 0 Å². The molecular formula is C19H16Cl2N4O3. The van der Waals surface area contributed by atoms with E-state index < -0.39 is 11.9 Å².